The lowest BCUT2D eigenvalue weighted by Gasteiger charge is -2.13. The van der Waals surface area contributed by atoms with Crippen molar-refractivity contribution in [3.63, 3.8) is 0 Å². The first kappa shape index (κ1) is 16.2. The highest BCUT2D eigenvalue weighted by Gasteiger charge is 2.16. The Hall–Kier alpha value is -2.70. The van der Waals surface area contributed by atoms with Crippen LogP contribution in [0.5, 0.6) is 0 Å². The predicted molar refractivity (Wildman–Crippen MR) is 90.2 cm³/mol. The van der Waals surface area contributed by atoms with Crippen LogP contribution in [0.2, 0.25) is 5.02 Å². The van der Waals surface area contributed by atoms with Crippen molar-refractivity contribution in [1.82, 2.24) is 14.7 Å². The van der Waals surface area contributed by atoms with Gasteiger partial charge in [-0.25, -0.2) is 4.98 Å². The number of nitrogens with one attached hydrogen (secondary N) is 1. The SMILES string of the molecule is O=C(NCC(O)c1ccccc1Cl)c1cnc2ccccn2c1=O. The Kier molecular flexibility index (Phi) is 4.59. The van der Waals surface area contributed by atoms with Gasteiger partial charge in [-0.2, -0.15) is 0 Å². The Morgan fingerprint density at radius 3 is 2.79 bits per heavy atom. The van der Waals surface area contributed by atoms with Crippen LogP contribution in [-0.4, -0.2) is 26.9 Å². The number of halogens is 1. The normalized spacial score (nSPS) is 12.1. The molecule has 6 nitrogen and oxygen atoms in total. The number of aromatic nitrogens is 2. The van der Waals surface area contributed by atoms with Gasteiger partial charge in [0.05, 0.1) is 6.10 Å². The minimum absolute atomic E-state index is 0.0699. The zero-order chi connectivity index (χ0) is 17.1. The maximum Gasteiger partial charge on any atom is 0.270 e. The molecular formula is C17H14ClN3O3. The van der Waals surface area contributed by atoms with E-state index in [1.165, 1.54) is 10.6 Å². The molecule has 1 amide bonds. The molecule has 0 fully saturated rings. The fourth-order valence-electron chi connectivity index (χ4n) is 2.32. The van der Waals surface area contributed by atoms with E-state index in [4.69, 9.17) is 11.6 Å². The summed E-state index contributed by atoms with van der Waals surface area (Å²) in [5, 5.41) is 13.1. The molecule has 0 spiro atoms. The highest BCUT2D eigenvalue weighted by molar-refractivity contribution is 6.31. The fourth-order valence-corrected chi connectivity index (χ4v) is 2.58. The number of fused-ring (bicyclic) bond motifs is 1. The number of amides is 1. The molecule has 0 aliphatic heterocycles. The van der Waals surface area contributed by atoms with E-state index in [0.29, 0.717) is 16.2 Å². The van der Waals surface area contributed by atoms with Gasteiger partial charge >= 0.3 is 0 Å². The third-order valence-electron chi connectivity index (χ3n) is 3.58. The molecule has 3 aromatic rings. The van der Waals surface area contributed by atoms with Gasteiger partial charge in [0.2, 0.25) is 0 Å². The number of aliphatic hydroxyl groups excluding tert-OH is 1. The van der Waals surface area contributed by atoms with Crippen LogP contribution in [0.15, 0.2) is 59.7 Å². The third kappa shape index (κ3) is 3.15. The topological polar surface area (TPSA) is 83.7 Å². The third-order valence-corrected chi connectivity index (χ3v) is 3.92. The average Bonchev–Trinajstić information content (AvgIpc) is 2.60. The van der Waals surface area contributed by atoms with Crippen molar-refractivity contribution in [3.8, 4) is 0 Å². The molecule has 122 valence electrons. The van der Waals surface area contributed by atoms with Crippen molar-refractivity contribution < 1.29 is 9.90 Å². The molecule has 0 aliphatic rings. The van der Waals surface area contributed by atoms with Crippen molar-refractivity contribution in [2.45, 2.75) is 6.10 Å². The van der Waals surface area contributed by atoms with E-state index in [1.54, 1.807) is 48.7 Å². The molecule has 0 saturated carbocycles. The Morgan fingerprint density at radius 2 is 2.00 bits per heavy atom. The quantitative estimate of drug-likeness (QED) is 0.756. The molecule has 24 heavy (non-hydrogen) atoms. The van der Waals surface area contributed by atoms with E-state index in [0.717, 1.165) is 0 Å². The van der Waals surface area contributed by atoms with Crippen molar-refractivity contribution in [2.75, 3.05) is 6.54 Å². The van der Waals surface area contributed by atoms with Crippen LogP contribution >= 0.6 is 11.6 Å². The number of carbonyl (C=O) groups is 1. The number of carbonyl (C=O) groups excluding carboxylic acids is 1. The molecular weight excluding hydrogens is 330 g/mol. The number of rotatable bonds is 4. The lowest BCUT2D eigenvalue weighted by Crippen LogP contribution is -2.34. The van der Waals surface area contributed by atoms with Gasteiger partial charge in [-0.05, 0) is 18.2 Å². The summed E-state index contributed by atoms with van der Waals surface area (Å²) >= 11 is 6.01. The number of hydrogen-bond acceptors (Lipinski definition) is 4. The minimum atomic E-state index is -0.973. The molecule has 2 heterocycles. The highest BCUT2D eigenvalue weighted by Crippen LogP contribution is 2.21. The minimum Gasteiger partial charge on any atom is -0.387 e. The van der Waals surface area contributed by atoms with Crippen molar-refractivity contribution >= 4 is 23.2 Å². The van der Waals surface area contributed by atoms with Crippen LogP contribution < -0.4 is 10.9 Å². The van der Waals surface area contributed by atoms with E-state index in [9.17, 15) is 14.7 Å². The van der Waals surface area contributed by atoms with Gasteiger partial charge < -0.3 is 10.4 Å². The largest absolute Gasteiger partial charge is 0.387 e. The smallest absolute Gasteiger partial charge is 0.270 e. The van der Waals surface area contributed by atoms with Crippen LogP contribution in [-0.2, 0) is 0 Å². The highest BCUT2D eigenvalue weighted by atomic mass is 35.5. The average molecular weight is 344 g/mol. The molecule has 7 heteroatoms. The summed E-state index contributed by atoms with van der Waals surface area (Å²) < 4.78 is 1.29. The summed E-state index contributed by atoms with van der Waals surface area (Å²) in [6, 6.07) is 11.9. The van der Waals surface area contributed by atoms with Crippen LogP contribution in [0.4, 0.5) is 0 Å². The molecule has 3 rings (SSSR count). The van der Waals surface area contributed by atoms with E-state index in [1.807, 2.05) is 0 Å². The van der Waals surface area contributed by atoms with Crippen LogP contribution in [0.3, 0.4) is 0 Å². The van der Waals surface area contributed by atoms with Gasteiger partial charge in [-0.15, -0.1) is 0 Å². The predicted octanol–water partition coefficient (Wildman–Crippen LogP) is 1.81. The van der Waals surface area contributed by atoms with Crippen LogP contribution in [0.25, 0.3) is 5.65 Å². The monoisotopic (exact) mass is 343 g/mol. The zero-order valence-corrected chi connectivity index (χ0v) is 13.3. The first-order valence-corrected chi connectivity index (χ1v) is 7.63. The number of pyridine rings is 1. The first-order chi connectivity index (χ1) is 11.6. The maximum atomic E-state index is 12.3. The second kappa shape index (κ2) is 6.82. The number of hydrogen-bond donors (Lipinski definition) is 2. The first-order valence-electron chi connectivity index (χ1n) is 7.25. The lowest BCUT2D eigenvalue weighted by molar-refractivity contribution is 0.0914. The second-order valence-electron chi connectivity index (χ2n) is 5.15. The van der Waals surface area contributed by atoms with Crippen molar-refractivity contribution in [3.05, 3.63) is 81.4 Å². The number of nitrogens with zero attached hydrogens (tertiary/aromatic N) is 2. The molecule has 0 bridgehead atoms. The Bertz CT molecular complexity index is 955. The number of benzene rings is 1. The van der Waals surface area contributed by atoms with Gasteiger partial charge in [0, 0.05) is 29.5 Å². The summed E-state index contributed by atoms with van der Waals surface area (Å²) in [5.74, 6) is -0.600. The zero-order valence-electron chi connectivity index (χ0n) is 12.5. The summed E-state index contributed by atoms with van der Waals surface area (Å²) in [4.78, 5) is 28.6. The van der Waals surface area contributed by atoms with E-state index in [2.05, 4.69) is 10.3 Å². The summed E-state index contributed by atoms with van der Waals surface area (Å²) in [6.45, 7) is -0.0699. The molecule has 2 N–H and O–H groups in total. The fraction of sp³-hybridized carbons (Fsp3) is 0.118. The summed E-state index contributed by atoms with van der Waals surface area (Å²) in [5.41, 5.74) is 0.401. The molecule has 1 unspecified atom stereocenters. The molecule has 1 atom stereocenters. The molecule has 0 saturated heterocycles. The number of aliphatic hydroxyl groups is 1. The van der Waals surface area contributed by atoms with E-state index in [-0.39, 0.29) is 12.1 Å². The summed E-state index contributed by atoms with van der Waals surface area (Å²) in [7, 11) is 0. The van der Waals surface area contributed by atoms with E-state index >= 15 is 0 Å². The molecule has 0 aliphatic carbocycles. The Labute approximate surface area is 142 Å². The summed E-state index contributed by atoms with van der Waals surface area (Å²) in [6.07, 6.45) is 1.80. The van der Waals surface area contributed by atoms with Gasteiger partial charge in [0.25, 0.3) is 11.5 Å². The standard InChI is InChI=1S/C17H14ClN3O3/c18-13-6-2-1-5-11(13)14(22)10-20-16(23)12-9-19-15-7-3-4-8-21(15)17(12)24/h1-9,14,22H,10H2,(H,20,23). The van der Waals surface area contributed by atoms with Crippen molar-refractivity contribution in [1.29, 1.82) is 0 Å². The van der Waals surface area contributed by atoms with Crippen molar-refractivity contribution in [2.24, 2.45) is 0 Å². The van der Waals surface area contributed by atoms with Gasteiger partial charge in [0.1, 0.15) is 11.2 Å². The molecule has 0 radical (unpaired) electrons. The lowest BCUT2D eigenvalue weighted by atomic mass is 10.1. The van der Waals surface area contributed by atoms with Gasteiger partial charge in [-0.3, -0.25) is 14.0 Å². The van der Waals surface area contributed by atoms with Gasteiger partial charge in [-0.1, -0.05) is 35.9 Å². The Morgan fingerprint density at radius 1 is 1.25 bits per heavy atom. The van der Waals surface area contributed by atoms with Gasteiger partial charge in [0.15, 0.2) is 0 Å². The Balaban J connectivity index is 1.77. The van der Waals surface area contributed by atoms with Crippen LogP contribution in [0.1, 0.15) is 22.0 Å². The van der Waals surface area contributed by atoms with E-state index < -0.39 is 17.6 Å². The van der Waals surface area contributed by atoms with Crippen LogP contribution in [0, 0.1) is 0 Å². The maximum absolute atomic E-state index is 12.3. The molecule has 2 aromatic heterocycles. The second-order valence-corrected chi connectivity index (χ2v) is 5.56. The molecule has 1 aromatic carbocycles.